The van der Waals surface area contributed by atoms with Gasteiger partial charge in [-0.2, -0.15) is 0 Å². The lowest BCUT2D eigenvalue weighted by atomic mass is 10.1. The number of anilines is 1. The topological polar surface area (TPSA) is 101 Å². The molecule has 0 bridgehead atoms. The number of aromatic amines is 2. The Balaban J connectivity index is 1.42. The number of rotatable bonds is 7. The number of aryl methyl sites for hydroxylation is 1. The predicted molar refractivity (Wildman–Crippen MR) is 113 cm³/mol. The summed E-state index contributed by atoms with van der Waals surface area (Å²) in [6.45, 7) is 8.21. The first-order valence-electron chi connectivity index (χ1n) is 10.1. The molecule has 1 fully saturated rings. The van der Waals surface area contributed by atoms with Gasteiger partial charge in [0, 0.05) is 62.1 Å². The van der Waals surface area contributed by atoms with E-state index >= 15 is 0 Å². The van der Waals surface area contributed by atoms with Crippen molar-refractivity contribution in [2.45, 2.75) is 32.7 Å². The molecule has 1 atom stereocenters. The van der Waals surface area contributed by atoms with Gasteiger partial charge in [-0.3, -0.25) is 19.5 Å². The van der Waals surface area contributed by atoms with Crippen LogP contribution < -0.4 is 21.5 Å². The molecule has 0 aliphatic carbocycles. The lowest BCUT2D eigenvalue weighted by Crippen LogP contribution is -2.52. The van der Waals surface area contributed by atoms with Gasteiger partial charge in [0.15, 0.2) is 0 Å². The maximum Gasteiger partial charge on any atom is 0.325 e. The molecular formula is C21H29N5O3. The van der Waals surface area contributed by atoms with Gasteiger partial charge >= 0.3 is 5.69 Å². The van der Waals surface area contributed by atoms with Crippen LogP contribution in [0.2, 0.25) is 0 Å². The third kappa shape index (κ3) is 5.57. The van der Waals surface area contributed by atoms with E-state index in [4.69, 9.17) is 0 Å². The summed E-state index contributed by atoms with van der Waals surface area (Å²) in [7, 11) is 0. The molecule has 8 heteroatoms. The van der Waals surface area contributed by atoms with Gasteiger partial charge in [0.05, 0.1) is 0 Å². The van der Waals surface area contributed by atoms with Crippen LogP contribution in [0.5, 0.6) is 0 Å². The number of benzene rings is 1. The molecule has 0 spiro atoms. The highest BCUT2D eigenvalue weighted by molar-refractivity contribution is 5.76. The number of hydrogen-bond acceptors (Lipinski definition) is 5. The zero-order valence-corrected chi connectivity index (χ0v) is 17.0. The number of aromatic nitrogens is 2. The molecule has 156 valence electrons. The third-order valence-electron chi connectivity index (χ3n) is 5.51. The van der Waals surface area contributed by atoms with Gasteiger partial charge in [-0.1, -0.05) is 18.2 Å². The van der Waals surface area contributed by atoms with Crippen LogP contribution in [0, 0.1) is 6.92 Å². The molecule has 1 saturated heterocycles. The Bertz CT molecular complexity index is 929. The number of nitrogens with zero attached hydrogens (tertiary/aromatic N) is 2. The van der Waals surface area contributed by atoms with Crippen molar-refractivity contribution < 1.29 is 4.79 Å². The third-order valence-corrected chi connectivity index (χ3v) is 5.51. The van der Waals surface area contributed by atoms with E-state index in [2.05, 4.69) is 56.3 Å². The highest BCUT2D eigenvalue weighted by atomic mass is 16.2. The Hall–Kier alpha value is -2.87. The van der Waals surface area contributed by atoms with E-state index in [1.165, 1.54) is 5.69 Å². The monoisotopic (exact) mass is 399 g/mol. The van der Waals surface area contributed by atoms with E-state index in [1.54, 1.807) is 6.92 Å². The fourth-order valence-corrected chi connectivity index (χ4v) is 3.70. The van der Waals surface area contributed by atoms with Crippen LogP contribution in [0.4, 0.5) is 5.69 Å². The van der Waals surface area contributed by atoms with Crippen molar-refractivity contribution in [3.05, 3.63) is 62.4 Å². The Morgan fingerprint density at radius 2 is 1.79 bits per heavy atom. The maximum absolute atomic E-state index is 12.2. The minimum atomic E-state index is -0.526. The lowest BCUT2D eigenvalue weighted by molar-refractivity contribution is -0.121. The van der Waals surface area contributed by atoms with Gasteiger partial charge in [0.1, 0.15) is 0 Å². The number of carbonyl (C=O) groups is 1. The summed E-state index contributed by atoms with van der Waals surface area (Å²) in [6, 6.07) is 10.7. The van der Waals surface area contributed by atoms with Gasteiger partial charge in [-0.25, -0.2) is 4.79 Å². The molecular weight excluding hydrogens is 370 g/mol. The molecule has 1 amide bonds. The first-order valence-corrected chi connectivity index (χ1v) is 10.1. The van der Waals surface area contributed by atoms with Crippen molar-refractivity contribution in [1.29, 1.82) is 0 Å². The van der Waals surface area contributed by atoms with Crippen molar-refractivity contribution in [2.75, 3.05) is 37.6 Å². The van der Waals surface area contributed by atoms with Crippen LogP contribution in [0.15, 0.2) is 39.9 Å². The van der Waals surface area contributed by atoms with Crippen molar-refractivity contribution >= 4 is 11.6 Å². The number of hydrogen-bond donors (Lipinski definition) is 3. The van der Waals surface area contributed by atoms with E-state index in [0.717, 1.165) is 26.2 Å². The Morgan fingerprint density at radius 3 is 2.45 bits per heavy atom. The van der Waals surface area contributed by atoms with Crippen LogP contribution in [-0.4, -0.2) is 59.5 Å². The molecule has 1 aromatic carbocycles. The number of para-hydroxylation sites is 1. The zero-order chi connectivity index (χ0) is 20.8. The number of nitrogens with one attached hydrogen (secondary N) is 3. The molecule has 2 heterocycles. The van der Waals surface area contributed by atoms with Crippen molar-refractivity contribution in [3.63, 3.8) is 0 Å². The Morgan fingerprint density at radius 1 is 1.10 bits per heavy atom. The SMILES string of the molecule is Cc1[nH]c(=O)[nH]c(=O)c1CCC(=O)NC[C@H](C)N1CCN(c2ccccc2)CC1. The summed E-state index contributed by atoms with van der Waals surface area (Å²) in [5.41, 5.74) is 1.26. The summed E-state index contributed by atoms with van der Waals surface area (Å²) < 4.78 is 0. The van der Waals surface area contributed by atoms with Gasteiger partial charge in [-0.05, 0) is 32.4 Å². The molecule has 0 radical (unpaired) electrons. The first kappa shape index (κ1) is 20.9. The number of piperazine rings is 1. The highest BCUT2D eigenvalue weighted by Crippen LogP contribution is 2.16. The van der Waals surface area contributed by atoms with Crippen LogP contribution in [0.1, 0.15) is 24.6 Å². The summed E-state index contributed by atoms with van der Waals surface area (Å²) in [6.07, 6.45) is 0.512. The van der Waals surface area contributed by atoms with Crippen molar-refractivity contribution in [1.82, 2.24) is 20.2 Å². The molecule has 29 heavy (non-hydrogen) atoms. The second-order valence-electron chi connectivity index (χ2n) is 7.52. The van der Waals surface area contributed by atoms with E-state index < -0.39 is 11.2 Å². The number of carbonyl (C=O) groups excluding carboxylic acids is 1. The molecule has 1 aliphatic rings. The average Bonchev–Trinajstić information content (AvgIpc) is 2.72. The van der Waals surface area contributed by atoms with E-state index in [0.29, 0.717) is 24.2 Å². The minimum absolute atomic E-state index is 0.0928. The van der Waals surface area contributed by atoms with E-state index in [1.807, 2.05) is 6.07 Å². The largest absolute Gasteiger partial charge is 0.369 e. The molecule has 8 nitrogen and oxygen atoms in total. The summed E-state index contributed by atoms with van der Waals surface area (Å²) in [5.74, 6) is -0.0928. The van der Waals surface area contributed by atoms with E-state index in [-0.39, 0.29) is 18.4 Å². The quantitative estimate of drug-likeness (QED) is 0.634. The van der Waals surface area contributed by atoms with Gasteiger partial charge in [0.25, 0.3) is 5.56 Å². The molecule has 0 unspecified atom stereocenters. The Labute approximate surface area is 169 Å². The second-order valence-corrected chi connectivity index (χ2v) is 7.52. The van der Waals surface area contributed by atoms with Crippen LogP contribution in [-0.2, 0) is 11.2 Å². The van der Waals surface area contributed by atoms with Crippen LogP contribution >= 0.6 is 0 Å². The second kappa shape index (κ2) is 9.56. The van der Waals surface area contributed by atoms with E-state index in [9.17, 15) is 14.4 Å². The number of H-pyrrole nitrogens is 2. The normalized spacial score (nSPS) is 15.9. The smallest absolute Gasteiger partial charge is 0.325 e. The standard InChI is InChI=1S/C21H29N5O3/c1-15(25-10-12-26(13-11-25)17-6-4-3-5-7-17)14-22-19(27)9-8-18-16(2)23-21(29)24-20(18)28/h3-7,15H,8-14H2,1-2H3,(H,22,27)(H2,23,24,28,29)/t15-/m0/s1. The highest BCUT2D eigenvalue weighted by Gasteiger charge is 2.21. The van der Waals surface area contributed by atoms with Gasteiger partial charge < -0.3 is 15.2 Å². The van der Waals surface area contributed by atoms with Crippen LogP contribution in [0.3, 0.4) is 0 Å². The molecule has 1 aliphatic heterocycles. The molecule has 3 N–H and O–H groups in total. The van der Waals surface area contributed by atoms with Crippen LogP contribution in [0.25, 0.3) is 0 Å². The lowest BCUT2D eigenvalue weighted by Gasteiger charge is -2.39. The first-order chi connectivity index (χ1) is 13.9. The maximum atomic E-state index is 12.2. The fourth-order valence-electron chi connectivity index (χ4n) is 3.70. The Kier molecular flexibility index (Phi) is 6.87. The average molecular weight is 399 g/mol. The number of amides is 1. The summed E-state index contributed by atoms with van der Waals surface area (Å²) in [4.78, 5) is 44.8. The molecule has 3 rings (SSSR count). The molecule has 1 aromatic heterocycles. The van der Waals surface area contributed by atoms with Gasteiger partial charge in [-0.15, -0.1) is 0 Å². The molecule has 0 saturated carbocycles. The fraction of sp³-hybridized carbons (Fsp3) is 0.476. The minimum Gasteiger partial charge on any atom is -0.369 e. The van der Waals surface area contributed by atoms with Crippen molar-refractivity contribution in [3.8, 4) is 0 Å². The van der Waals surface area contributed by atoms with Gasteiger partial charge in [0.2, 0.25) is 5.91 Å². The predicted octanol–water partition coefficient (Wildman–Crippen LogP) is 0.631. The zero-order valence-electron chi connectivity index (χ0n) is 17.0. The molecule has 2 aromatic rings. The van der Waals surface area contributed by atoms with Crippen molar-refractivity contribution in [2.24, 2.45) is 0 Å². The summed E-state index contributed by atoms with van der Waals surface area (Å²) >= 11 is 0. The summed E-state index contributed by atoms with van der Waals surface area (Å²) in [5, 5.41) is 2.96.